The number of hydrogen-bond acceptors (Lipinski definition) is 2. The van der Waals surface area contributed by atoms with E-state index in [4.69, 9.17) is 4.42 Å². The summed E-state index contributed by atoms with van der Waals surface area (Å²) in [6.07, 6.45) is 0. The molecule has 0 spiro atoms. The normalized spacial score (nSPS) is 13.8. The second kappa shape index (κ2) is 14.7. The molecule has 0 aliphatic heterocycles. The van der Waals surface area contributed by atoms with Crippen LogP contribution in [0.25, 0.3) is 66.4 Å². The Morgan fingerprint density at radius 1 is 0.333 bits per heavy atom. The Hall–Kier alpha value is -8.20. The van der Waals surface area contributed by atoms with E-state index < -0.39 is 5.41 Å². The second-order valence-corrected chi connectivity index (χ2v) is 18.4. The van der Waals surface area contributed by atoms with Crippen LogP contribution in [0.15, 0.2) is 241 Å². The van der Waals surface area contributed by atoms with E-state index >= 15 is 0 Å². The first kappa shape index (κ1) is 38.3. The third-order valence-corrected chi connectivity index (χ3v) is 14.6. The average Bonchev–Trinajstić information content (AvgIpc) is 3.97. The zero-order valence-corrected chi connectivity index (χ0v) is 36.9. The Bertz CT molecular complexity index is 3600. The van der Waals surface area contributed by atoms with Crippen LogP contribution in [0.1, 0.15) is 47.2 Å². The lowest BCUT2D eigenvalue weighted by atomic mass is 9.67. The molecule has 0 atom stereocenters. The SMILES string of the molecule is CC1(C)c2ccccc2-c2ccc(N(c3ccc(-c4ccccc4)cc3)c3ccc(-c4cccc5oc6cc7c(cc6c45)-c4ccccc4C7(c4ccccc4)c4ccccc4)cc3)cc21. The second-order valence-electron chi connectivity index (χ2n) is 18.4. The zero-order valence-electron chi connectivity index (χ0n) is 36.9. The van der Waals surface area contributed by atoms with Crippen LogP contribution >= 0.6 is 0 Å². The van der Waals surface area contributed by atoms with E-state index in [1.165, 1.54) is 66.8 Å². The first-order valence-corrected chi connectivity index (χ1v) is 23.0. The van der Waals surface area contributed by atoms with Gasteiger partial charge in [0.2, 0.25) is 0 Å². The molecule has 0 unspecified atom stereocenters. The molecule has 0 bridgehead atoms. The maximum Gasteiger partial charge on any atom is 0.136 e. The highest BCUT2D eigenvalue weighted by molar-refractivity contribution is 6.14. The summed E-state index contributed by atoms with van der Waals surface area (Å²) >= 11 is 0. The number of fused-ring (bicyclic) bond motifs is 9. The molecule has 312 valence electrons. The smallest absolute Gasteiger partial charge is 0.136 e. The first-order chi connectivity index (χ1) is 32.5. The summed E-state index contributed by atoms with van der Waals surface area (Å²) in [5.41, 5.74) is 22.1. The molecule has 0 saturated heterocycles. The van der Waals surface area contributed by atoms with Crippen molar-refractivity contribution in [2.75, 3.05) is 4.90 Å². The van der Waals surface area contributed by atoms with Crippen molar-refractivity contribution >= 4 is 39.0 Å². The van der Waals surface area contributed by atoms with Crippen molar-refractivity contribution in [1.82, 2.24) is 0 Å². The highest BCUT2D eigenvalue weighted by Crippen LogP contribution is 2.58. The largest absolute Gasteiger partial charge is 0.456 e. The molecule has 2 aliphatic rings. The summed E-state index contributed by atoms with van der Waals surface area (Å²) in [5, 5.41) is 2.25. The van der Waals surface area contributed by atoms with Crippen LogP contribution < -0.4 is 4.90 Å². The first-order valence-electron chi connectivity index (χ1n) is 23.0. The van der Waals surface area contributed by atoms with Gasteiger partial charge in [-0.3, -0.25) is 0 Å². The topological polar surface area (TPSA) is 16.4 Å². The van der Waals surface area contributed by atoms with Crippen LogP contribution in [-0.4, -0.2) is 0 Å². The number of furan rings is 1. The van der Waals surface area contributed by atoms with Crippen LogP contribution in [-0.2, 0) is 10.8 Å². The van der Waals surface area contributed by atoms with E-state index in [2.05, 4.69) is 255 Å². The van der Waals surface area contributed by atoms with E-state index in [0.29, 0.717) is 0 Å². The maximum atomic E-state index is 6.89. The van der Waals surface area contributed by atoms with Gasteiger partial charge in [0, 0.05) is 33.2 Å². The van der Waals surface area contributed by atoms with Gasteiger partial charge in [-0.25, -0.2) is 0 Å². The molecule has 2 heteroatoms. The lowest BCUT2D eigenvalue weighted by molar-refractivity contribution is 0.660. The van der Waals surface area contributed by atoms with Crippen LogP contribution in [0, 0.1) is 0 Å². The number of anilines is 3. The lowest BCUT2D eigenvalue weighted by Gasteiger charge is -2.33. The highest BCUT2D eigenvalue weighted by Gasteiger charge is 2.46. The molecule has 0 amide bonds. The van der Waals surface area contributed by atoms with Crippen molar-refractivity contribution in [3.8, 4) is 44.5 Å². The van der Waals surface area contributed by atoms with Gasteiger partial charge >= 0.3 is 0 Å². The minimum atomic E-state index is -0.493. The zero-order chi connectivity index (χ0) is 44.0. The molecule has 10 aromatic carbocycles. The molecule has 1 heterocycles. The Labute approximate surface area is 385 Å². The van der Waals surface area contributed by atoms with Gasteiger partial charge in [-0.15, -0.1) is 0 Å². The standard InChI is InChI=1S/C64H45NO/c1-63(2)56-26-14-12-23-51(56)53-38-37-49(39-58(53)63)65(47-33-29-43(30-34-47)42-17-6-3-7-18-42)48-35-31-44(32-36-48)50-25-16-28-60-62(50)55-40-54-52-24-13-15-27-57(52)64(45-19-8-4-9-20-45,46-21-10-5-11-22-46)59(54)41-61(55)66-60/h3-41H,1-2H3. The summed E-state index contributed by atoms with van der Waals surface area (Å²) in [4.78, 5) is 2.40. The highest BCUT2D eigenvalue weighted by atomic mass is 16.3. The van der Waals surface area contributed by atoms with Crippen LogP contribution in [0.4, 0.5) is 17.1 Å². The molecule has 13 rings (SSSR count). The van der Waals surface area contributed by atoms with Crippen LogP contribution in [0.3, 0.4) is 0 Å². The van der Waals surface area contributed by atoms with Crippen LogP contribution in [0.5, 0.6) is 0 Å². The van der Waals surface area contributed by atoms with Gasteiger partial charge in [-0.05, 0) is 132 Å². The number of rotatable bonds is 7. The van der Waals surface area contributed by atoms with E-state index in [1.807, 2.05) is 0 Å². The minimum absolute atomic E-state index is 0.118. The summed E-state index contributed by atoms with van der Waals surface area (Å²) in [7, 11) is 0. The molecule has 11 aromatic rings. The molecular formula is C64H45NO. The van der Waals surface area contributed by atoms with E-state index in [-0.39, 0.29) is 5.41 Å². The fraction of sp³-hybridized carbons (Fsp3) is 0.0625. The van der Waals surface area contributed by atoms with Gasteiger partial charge in [0.1, 0.15) is 11.2 Å². The van der Waals surface area contributed by atoms with Gasteiger partial charge in [0.25, 0.3) is 0 Å². The Kier molecular flexibility index (Phi) is 8.51. The monoisotopic (exact) mass is 843 g/mol. The molecular weight excluding hydrogens is 799 g/mol. The number of hydrogen-bond donors (Lipinski definition) is 0. The summed E-state index contributed by atoms with van der Waals surface area (Å²) in [6, 6.07) is 86.7. The Morgan fingerprint density at radius 3 is 1.52 bits per heavy atom. The third kappa shape index (κ3) is 5.61. The van der Waals surface area contributed by atoms with Crippen molar-refractivity contribution in [3.63, 3.8) is 0 Å². The fourth-order valence-electron chi connectivity index (χ4n) is 11.5. The number of benzene rings is 10. The molecule has 0 N–H and O–H groups in total. The van der Waals surface area contributed by atoms with Crippen molar-refractivity contribution in [1.29, 1.82) is 0 Å². The van der Waals surface area contributed by atoms with Gasteiger partial charge < -0.3 is 9.32 Å². The average molecular weight is 844 g/mol. The Morgan fingerprint density at radius 2 is 0.848 bits per heavy atom. The molecule has 2 aliphatic carbocycles. The predicted octanol–water partition coefficient (Wildman–Crippen LogP) is 17.1. The van der Waals surface area contributed by atoms with Crippen molar-refractivity contribution < 1.29 is 4.42 Å². The summed E-state index contributed by atoms with van der Waals surface area (Å²) in [6.45, 7) is 4.71. The summed E-state index contributed by atoms with van der Waals surface area (Å²) < 4.78 is 6.89. The molecule has 0 fully saturated rings. The van der Waals surface area contributed by atoms with Crippen molar-refractivity contribution in [2.45, 2.75) is 24.7 Å². The lowest BCUT2D eigenvalue weighted by Crippen LogP contribution is -2.28. The van der Waals surface area contributed by atoms with Gasteiger partial charge in [-0.1, -0.05) is 196 Å². The Balaban J connectivity index is 0.949. The van der Waals surface area contributed by atoms with Gasteiger partial charge in [0.05, 0.1) is 5.41 Å². The summed E-state index contributed by atoms with van der Waals surface area (Å²) in [5.74, 6) is 0. The fourth-order valence-corrected chi connectivity index (χ4v) is 11.5. The number of nitrogens with zero attached hydrogens (tertiary/aromatic N) is 1. The quantitative estimate of drug-likeness (QED) is 0.159. The molecule has 2 nitrogen and oxygen atoms in total. The molecule has 66 heavy (non-hydrogen) atoms. The van der Waals surface area contributed by atoms with Gasteiger partial charge in [-0.2, -0.15) is 0 Å². The van der Waals surface area contributed by atoms with E-state index in [0.717, 1.165) is 50.1 Å². The predicted molar refractivity (Wildman–Crippen MR) is 274 cm³/mol. The molecule has 0 radical (unpaired) electrons. The van der Waals surface area contributed by atoms with Crippen LogP contribution in [0.2, 0.25) is 0 Å². The van der Waals surface area contributed by atoms with Crippen molar-refractivity contribution in [3.05, 3.63) is 270 Å². The molecule has 1 aromatic heterocycles. The van der Waals surface area contributed by atoms with E-state index in [9.17, 15) is 0 Å². The van der Waals surface area contributed by atoms with Crippen molar-refractivity contribution in [2.24, 2.45) is 0 Å². The molecule has 0 saturated carbocycles. The minimum Gasteiger partial charge on any atom is -0.456 e. The maximum absolute atomic E-state index is 6.89. The third-order valence-electron chi connectivity index (χ3n) is 14.6. The van der Waals surface area contributed by atoms with E-state index in [1.54, 1.807) is 0 Å². The van der Waals surface area contributed by atoms with Gasteiger partial charge in [0.15, 0.2) is 0 Å².